The monoisotopic (exact) mass is 550 g/mol. The first-order valence-corrected chi connectivity index (χ1v) is 12.3. The summed E-state index contributed by atoms with van der Waals surface area (Å²) in [7, 11) is 0. The number of aromatic amines is 1. The first kappa shape index (κ1) is 27.3. The molecule has 7 N–H and O–H groups in total. The van der Waals surface area contributed by atoms with Gasteiger partial charge in [-0.2, -0.15) is 0 Å². The lowest BCUT2D eigenvalue weighted by Gasteiger charge is -2.28. The Morgan fingerprint density at radius 3 is 2.59 bits per heavy atom. The Balaban J connectivity index is 1.39. The zero-order valence-corrected chi connectivity index (χ0v) is 20.6. The van der Waals surface area contributed by atoms with Crippen LogP contribution in [0.5, 0.6) is 0 Å². The highest BCUT2D eigenvalue weighted by atomic mass is 16.7. The van der Waals surface area contributed by atoms with E-state index < -0.39 is 66.5 Å². The number of aliphatic hydroxyl groups is 4. The molecule has 2 saturated heterocycles. The van der Waals surface area contributed by atoms with E-state index in [1.54, 1.807) is 23.4 Å². The third kappa shape index (κ3) is 5.56. The molecule has 0 unspecified atom stereocenters. The quantitative estimate of drug-likeness (QED) is 0.142. The summed E-state index contributed by atoms with van der Waals surface area (Å²) >= 11 is 0. The second-order valence-corrected chi connectivity index (χ2v) is 9.37. The van der Waals surface area contributed by atoms with Crippen LogP contribution in [0, 0.1) is 0 Å². The molecule has 39 heavy (non-hydrogen) atoms. The van der Waals surface area contributed by atoms with Crippen LogP contribution in [-0.4, -0.2) is 104 Å². The maximum absolute atomic E-state index is 12.3. The van der Waals surface area contributed by atoms with Crippen molar-refractivity contribution < 1.29 is 34.6 Å². The van der Waals surface area contributed by atoms with Gasteiger partial charge in [0.1, 0.15) is 48.4 Å². The van der Waals surface area contributed by atoms with Gasteiger partial charge >= 0.3 is 5.69 Å². The number of imidazole rings is 1. The molecule has 9 atom stereocenters. The van der Waals surface area contributed by atoms with Crippen molar-refractivity contribution in [2.24, 2.45) is 5.73 Å². The van der Waals surface area contributed by atoms with Crippen molar-refractivity contribution >= 4 is 0 Å². The lowest BCUT2D eigenvalue weighted by molar-refractivity contribution is -0.224. The number of aliphatic hydroxyl groups excluding tert-OH is 4. The summed E-state index contributed by atoms with van der Waals surface area (Å²) in [6.45, 7) is 1.07. The highest BCUT2D eigenvalue weighted by Crippen LogP contribution is 2.38. The van der Waals surface area contributed by atoms with Crippen LogP contribution < -0.4 is 17.0 Å². The molecule has 0 bridgehead atoms. The van der Waals surface area contributed by atoms with Crippen LogP contribution >= 0.6 is 0 Å². The predicted octanol–water partition coefficient (Wildman–Crippen LogP) is -3.80. The molecular formula is C22H30N8O9. The molecule has 0 radical (unpaired) electrons. The number of nitrogens with two attached hydrogens (primary N) is 1. The highest BCUT2D eigenvalue weighted by Gasteiger charge is 2.52. The molecule has 2 fully saturated rings. The van der Waals surface area contributed by atoms with E-state index in [0.717, 1.165) is 16.8 Å². The van der Waals surface area contributed by atoms with Crippen LogP contribution in [0.3, 0.4) is 0 Å². The van der Waals surface area contributed by atoms with E-state index in [2.05, 4.69) is 20.3 Å². The molecule has 0 spiro atoms. The fourth-order valence-electron chi connectivity index (χ4n) is 4.66. The van der Waals surface area contributed by atoms with Gasteiger partial charge in [0.15, 0.2) is 12.5 Å². The van der Waals surface area contributed by atoms with Crippen molar-refractivity contribution in [2.75, 3.05) is 6.54 Å². The number of H-pyrrole nitrogens is 1. The van der Waals surface area contributed by atoms with Gasteiger partial charge in [-0.3, -0.25) is 19.0 Å². The van der Waals surface area contributed by atoms with E-state index >= 15 is 0 Å². The fourth-order valence-corrected chi connectivity index (χ4v) is 4.66. The normalized spacial score (nSPS) is 31.6. The van der Waals surface area contributed by atoms with Gasteiger partial charge in [0, 0.05) is 44.3 Å². The molecule has 3 aromatic heterocycles. The van der Waals surface area contributed by atoms with Gasteiger partial charge in [-0.25, -0.2) is 9.78 Å². The molecule has 3 aromatic rings. The van der Waals surface area contributed by atoms with Crippen molar-refractivity contribution in [3.05, 3.63) is 63.7 Å². The first-order valence-electron chi connectivity index (χ1n) is 12.3. The minimum atomic E-state index is -1.60. The first-order chi connectivity index (χ1) is 18.8. The number of hydrogen-bond acceptors (Lipinski definition) is 13. The molecular weight excluding hydrogens is 520 g/mol. The molecule has 0 amide bonds. The Morgan fingerprint density at radius 2 is 1.90 bits per heavy atom. The molecule has 5 heterocycles. The van der Waals surface area contributed by atoms with E-state index in [1.165, 1.54) is 0 Å². The number of nitrogens with zero attached hydrogens (tertiary/aromatic N) is 6. The minimum absolute atomic E-state index is 0.0890. The van der Waals surface area contributed by atoms with Gasteiger partial charge < -0.3 is 44.9 Å². The van der Waals surface area contributed by atoms with E-state index in [9.17, 15) is 30.0 Å². The second kappa shape index (κ2) is 11.4. The zero-order chi connectivity index (χ0) is 27.7. The van der Waals surface area contributed by atoms with Gasteiger partial charge in [-0.15, -0.1) is 5.10 Å². The van der Waals surface area contributed by atoms with Gasteiger partial charge in [0.05, 0.1) is 12.5 Å². The van der Waals surface area contributed by atoms with Crippen molar-refractivity contribution in [1.29, 1.82) is 0 Å². The van der Waals surface area contributed by atoms with E-state index in [4.69, 9.17) is 19.9 Å². The lowest BCUT2D eigenvalue weighted by atomic mass is 10.0. The van der Waals surface area contributed by atoms with Crippen LogP contribution in [0.25, 0.3) is 0 Å². The summed E-state index contributed by atoms with van der Waals surface area (Å²) in [6.07, 6.45) is -3.70. The zero-order valence-electron chi connectivity index (χ0n) is 20.6. The van der Waals surface area contributed by atoms with Gasteiger partial charge in [-0.05, 0) is 6.42 Å². The van der Waals surface area contributed by atoms with Crippen molar-refractivity contribution in [1.82, 2.24) is 34.1 Å². The van der Waals surface area contributed by atoms with Gasteiger partial charge in [-0.1, -0.05) is 5.21 Å². The predicted molar refractivity (Wildman–Crippen MR) is 128 cm³/mol. The van der Waals surface area contributed by atoms with E-state index in [0.29, 0.717) is 19.5 Å². The minimum Gasteiger partial charge on any atom is -0.387 e. The van der Waals surface area contributed by atoms with Crippen molar-refractivity contribution in [3.8, 4) is 0 Å². The molecule has 17 heteroatoms. The second-order valence-electron chi connectivity index (χ2n) is 9.37. The number of rotatable bonds is 10. The molecule has 212 valence electrons. The van der Waals surface area contributed by atoms with Gasteiger partial charge in [0.2, 0.25) is 0 Å². The Bertz CT molecular complexity index is 1340. The highest BCUT2D eigenvalue weighted by molar-refractivity contribution is 5.07. The average molecular weight is 551 g/mol. The Morgan fingerprint density at radius 1 is 1.08 bits per heavy atom. The standard InChI is InChI=1S/C22H30N8O9/c23-8-12-14(32)17(35)21(37-12)39-18(11-9-29(27-26-11)5-1-4-28-7-3-24-10-28)19-15(33)16(34)20(38-19)30-6-2-13(31)25-22(30)36/h2-3,6-7,9-10,12,14-21,32-35H,1,4-5,8,23H2,(H,25,31,36)/t12-,14-,15+,16-,17-,18+,19+,20-,21+/m1/s1. The Hall–Kier alpha value is -3.29. The molecule has 17 nitrogen and oxygen atoms in total. The molecule has 5 rings (SSSR count). The Kier molecular flexibility index (Phi) is 8.01. The number of hydrogen-bond donors (Lipinski definition) is 6. The summed E-state index contributed by atoms with van der Waals surface area (Å²) in [6, 6.07) is 1.07. The topological polar surface area (TPSA) is 238 Å². The van der Waals surface area contributed by atoms with Crippen LogP contribution in [0.15, 0.2) is 46.8 Å². The fraction of sp³-hybridized carbons (Fsp3) is 0.591. The number of nitrogens with one attached hydrogen (secondary N) is 1. The van der Waals surface area contributed by atoms with Crippen LogP contribution in [-0.2, 0) is 27.3 Å². The third-order valence-electron chi connectivity index (χ3n) is 6.74. The maximum Gasteiger partial charge on any atom is 0.330 e. The van der Waals surface area contributed by atoms with Crippen molar-refractivity contribution in [2.45, 2.75) is 74.8 Å². The van der Waals surface area contributed by atoms with Gasteiger partial charge in [0.25, 0.3) is 5.56 Å². The van der Waals surface area contributed by atoms with E-state index in [1.807, 2.05) is 10.8 Å². The summed E-state index contributed by atoms with van der Waals surface area (Å²) in [5.41, 5.74) is 4.27. The molecule has 0 saturated carbocycles. The largest absolute Gasteiger partial charge is 0.387 e. The summed E-state index contributed by atoms with van der Waals surface area (Å²) in [5.74, 6) is 0. The molecule has 0 aliphatic carbocycles. The maximum atomic E-state index is 12.3. The van der Waals surface area contributed by atoms with Crippen LogP contribution in [0.1, 0.15) is 24.4 Å². The SMILES string of the molecule is NC[C@H]1O[C@@H](O[C@@H](c2cn(CCCn3ccnc3)nn2)[C@H]2O[C@@H](n3ccc(=O)[nH]c3=O)[C@H](O)[C@@H]2O)[C@H](O)[C@@H]1O. The number of aryl methyl sites for hydroxylation is 2. The number of aromatic nitrogens is 7. The molecule has 2 aliphatic heterocycles. The van der Waals surface area contributed by atoms with Crippen molar-refractivity contribution in [3.63, 3.8) is 0 Å². The van der Waals surface area contributed by atoms with Crippen LogP contribution in [0.4, 0.5) is 0 Å². The molecule has 2 aliphatic rings. The average Bonchev–Trinajstić information content (AvgIpc) is 3.70. The van der Waals surface area contributed by atoms with E-state index in [-0.39, 0.29) is 12.2 Å². The third-order valence-corrected chi connectivity index (χ3v) is 6.74. The summed E-state index contributed by atoms with van der Waals surface area (Å²) < 4.78 is 21.8. The summed E-state index contributed by atoms with van der Waals surface area (Å²) in [5, 5.41) is 50.6. The Labute approximate surface area is 220 Å². The smallest absolute Gasteiger partial charge is 0.330 e. The number of ether oxygens (including phenoxy) is 3. The van der Waals surface area contributed by atoms with Crippen LogP contribution in [0.2, 0.25) is 0 Å². The summed E-state index contributed by atoms with van der Waals surface area (Å²) in [4.78, 5) is 29.9. The molecule has 0 aromatic carbocycles. The lowest BCUT2D eigenvalue weighted by Crippen LogP contribution is -2.40.